The van der Waals surface area contributed by atoms with E-state index in [2.05, 4.69) is 4.90 Å². The molecule has 0 aromatic carbocycles. The molecule has 0 bridgehead atoms. The molecule has 23 heavy (non-hydrogen) atoms. The van der Waals surface area contributed by atoms with Gasteiger partial charge in [-0.15, -0.1) is 11.3 Å². The molecule has 0 unspecified atom stereocenters. The lowest BCUT2D eigenvalue weighted by Gasteiger charge is -2.36. The molecule has 1 fully saturated rings. The Labute approximate surface area is 139 Å². The van der Waals surface area contributed by atoms with E-state index < -0.39 is 0 Å². The molecule has 124 valence electrons. The Kier molecular flexibility index (Phi) is 4.79. The molecule has 2 aliphatic heterocycles. The molecule has 3 rings (SSSR count). The van der Waals surface area contributed by atoms with Crippen LogP contribution in [0.15, 0.2) is 23.2 Å². The van der Waals surface area contributed by atoms with Crippen LogP contribution in [0.25, 0.3) is 5.57 Å². The van der Waals surface area contributed by atoms with Crippen molar-refractivity contribution in [2.45, 2.75) is 6.92 Å². The lowest BCUT2D eigenvalue weighted by atomic mass is 10.1. The highest BCUT2D eigenvalue weighted by Crippen LogP contribution is 2.34. The van der Waals surface area contributed by atoms with E-state index in [-0.39, 0.29) is 18.4 Å². The summed E-state index contributed by atoms with van der Waals surface area (Å²) in [6.07, 6.45) is 0. The number of aliphatic hydroxyl groups excluding tert-OH is 1. The summed E-state index contributed by atoms with van der Waals surface area (Å²) in [6, 6.07) is 3.79. The highest BCUT2D eigenvalue weighted by atomic mass is 32.1. The van der Waals surface area contributed by atoms with Crippen molar-refractivity contribution in [2.75, 3.05) is 45.9 Å². The van der Waals surface area contributed by atoms with E-state index in [1.807, 2.05) is 29.3 Å². The van der Waals surface area contributed by atoms with E-state index in [0.29, 0.717) is 37.4 Å². The number of likely N-dealkylation sites (N-methyl/N-ethyl adjacent to an activating group) is 1. The highest BCUT2D eigenvalue weighted by Gasteiger charge is 2.41. The summed E-state index contributed by atoms with van der Waals surface area (Å²) >= 11 is 1.49. The maximum absolute atomic E-state index is 12.7. The number of rotatable bonds is 5. The molecule has 3 heterocycles. The standard InChI is InChI=1S/C16H21N3O3S/c1-2-19-15(21)13(12-4-3-11-23-12)14(16(19)22)18-7-5-17(6-8-18)9-10-20/h3-4,11,20H,2,5-10H2,1H3. The normalized spacial score (nSPS) is 20.1. The largest absolute Gasteiger partial charge is 0.395 e. The van der Waals surface area contributed by atoms with E-state index in [0.717, 1.165) is 18.0 Å². The Balaban J connectivity index is 1.90. The number of imide groups is 1. The fourth-order valence-corrected chi connectivity index (χ4v) is 3.89. The summed E-state index contributed by atoms with van der Waals surface area (Å²) in [6.45, 7) is 5.97. The SMILES string of the molecule is CCN1C(=O)C(c2cccs2)=C(N2CCN(CCO)CC2)C1=O. The first-order valence-corrected chi connectivity index (χ1v) is 8.77. The first-order valence-electron chi connectivity index (χ1n) is 7.89. The summed E-state index contributed by atoms with van der Waals surface area (Å²) in [5, 5.41) is 11.0. The number of hydrogen-bond acceptors (Lipinski definition) is 6. The topological polar surface area (TPSA) is 64.1 Å². The van der Waals surface area contributed by atoms with Gasteiger partial charge in [0.25, 0.3) is 11.8 Å². The number of β-amino-alcohol motifs (C(OH)–C–C–N with tert-alkyl or cyclic N) is 1. The second kappa shape index (κ2) is 6.82. The Bertz CT molecular complexity index is 619. The van der Waals surface area contributed by atoms with Gasteiger partial charge in [-0.1, -0.05) is 6.07 Å². The van der Waals surface area contributed by atoms with Crippen LogP contribution in [-0.4, -0.2) is 77.5 Å². The van der Waals surface area contributed by atoms with Crippen molar-refractivity contribution in [3.8, 4) is 0 Å². The van der Waals surface area contributed by atoms with Gasteiger partial charge in [0.15, 0.2) is 0 Å². The summed E-state index contributed by atoms with van der Waals surface area (Å²) in [4.78, 5) is 31.7. The molecule has 1 N–H and O–H groups in total. The van der Waals surface area contributed by atoms with Crippen LogP contribution in [0, 0.1) is 0 Å². The van der Waals surface area contributed by atoms with E-state index in [1.54, 1.807) is 0 Å². The number of amides is 2. The molecular weight excluding hydrogens is 314 g/mol. The van der Waals surface area contributed by atoms with Crippen LogP contribution in [0.4, 0.5) is 0 Å². The molecular formula is C16H21N3O3S. The zero-order valence-electron chi connectivity index (χ0n) is 13.2. The van der Waals surface area contributed by atoms with Crippen LogP contribution in [0.2, 0.25) is 0 Å². The van der Waals surface area contributed by atoms with Crippen molar-refractivity contribution in [3.05, 3.63) is 28.1 Å². The van der Waals surface area contributed by atoms with Crippen LogP contribution >= 0.6 is 11.3 Å². The van der Waals surface area contributed by atoms with Crippen molar-refractivity contribution >= 4 is 28.7 Å². The number of carbonyl (C=O) groups is 2. The third-order valence-electron chi connectivity index (χ3n) is 4.33. The van der Waals surface area contributed by atoms with Gasteiger partial charge in [-0.3, -0.25) is 19.4 Å². The second-order valence-electron chi connectivity index (χ2n) is 5.61. The number of aliphatic hydroxyl groups is 1. The van der Waals surface area contributed by atoms with E-state index in [1.165, 1.54) is 16.2 Å². The molecule has 2 amide bonds. The fourth-order valence-electron chi connectivity index (χ4n) is 3.12. The molecule has 1 saturated heterocycles. The van der Waals surface area contributed by atoms with E-state index >= 15 is 0 Å². The lowest BCUT2D eigenvalue weighted by Crippen LogP contribution is -2.48. The minimum Gasteiger partial charge on any atom is -0.395 e. The zero-order chi connectivity index (χ0) is 16.4. The molecule has 0 atom stereocenters. The molecule has 1 aromatic rings. The van der Waals surface area contributed by atoms with Gasteiger partial charge in [-0.25, -0.2) is 0 Å². The summed E-state index contributed by atoms with van der Waals surface area (Å²) in [5.41, 5.74) is 1.09. The van der Waals surface area contributed by atoms with Crippen LogP contribution in [0.3, 0.4) is 0 Å². The molecule has 0 spiro atoms. The minimum atomic E-state index is -0.187. The maximum Gasteiger partial charge on any atom is 0.277 e. The molecule has 2 aliphatic rings. The van der Waals surface area contributed by atoms with Gasteiger partial charge in [0, 0.05) is 44.1 Å². The summed E-state index contributed by atoms with van der Waals surface area (Å²) in [5.74, 6) is -0.371. The third kappa shape index (κ3) is 2.91. The number of carbonyl (C=O) groups excluding carboxylic acids is 2. The lowest BCUT2D eigenvalue weighted by molar-refractivity contribution is -0.137. The summed E-state index contributed by atoms with van der Waals surface area (Å²) < 4.78 is 0. The number of nitrogens with zero attached hydrogens (tertiary/aromatic N) is 3. The zero-order valence-corrected chi connectivity index (χ0v) is 14.0. The Morgan fingerprint density at radius 1 is 1.17 bits per heavy atom. The summed E-state index contributed by atoms with van der Waals surface area (Å²) in [7, 11) is 0. The van der Waals surface area contributed by atoms with E-state index in [9.17, 15) is 9.59 Å². The number of hydrogen-bond donors (Lipinski definition) is 1. The van der Waals surface area contributed by atoms with Crippen LogP contribution in [0.1, 0.15) is 11.8 Å². The minimum absolute atomic E-state index is 0.143. The van der Waals surface area contributed by atoms with Gasteiger partial charge < -0.3 is 10.0 Å². The number of piperazine rings is 1. The van der Waals surface area contributed by atoms with Crippen molar-refractivity contribution in [3.63, 3.8) is 0 Å². The fraction of sp³-hybridized carbons (Fsp3) is 0.500. The average molecular weight is 335 g/mol. The average Bonchev–Trinajstić information content (AvgIpc) is 3.15. The molecule has 6 nitrogen and oxygen atoms in total. The smallest absolute Gasteiger partial charge is 0.277 e. The van der Waals surface area contributed by atoms with Crippen LogP contribution < -0.4 is 0 Å². The van der Waals surface area contributed by atoms with Gasteiger partial charge in [0.2, 0.25) is 0 Å². The quantitative estimate of drug-likeness (QED) is 0.792. The van der Waals surface area contributed by atoms with Crippen molar-refractivity contribution < 1.29 is 14.7 Å². The third-order valence-corrected chi connectivity index (χ3v) is 5.22. The predicted molar refractivity (Wildman–Crippen MR) is 88.7 cm³/mol. The Morgan fingerprint density at radius 3 is 2.48 bits per heavy atom. The molecule has 1 aromatic heterocycles. The van der Waals surface area contributed by atoms with Crippen molar-refractivity contribution in [2.24, 2.45) is 0 Å². The second-order valence-corrected chi connectivity index (χ2v) is 6.56. The highest BCUT2D eigenvalue weighted by molar-refractivity contribution is 7.11. The molecule has 0 radical (unpaired) electrons. The van der Waals surface area contributed by atoms with Gasteiger partial charge in [-0.05, 0) is 18.4 Å². The van der Waals surface area contributed by atoms with Crippen molar-refractivity contribution in [1.29, 1.82) is 0 Å². The predicted octanol–water partition coefficient (Wildman–Crippen LogP) is 0.458. The van der Waals surface area contributed by atoms with Crippen LogP contribution in [-0.2, 0) is 9.59 Å². The Morgan fingerprint density at radius 2 is 1.91 bits per heavy atom. The van der Waals surface area contributed by atoms with Gasteiger partial charge in [0.1, 0.15) is 5.70 Å². The van der Waals surface area contributed by atoms with Gasteiger partial charge in [-0.2, -0.15) is 0 Å². The van der Waals surface area contributed by atoms with Crippen LogP contribution in [0.5, 0.6) is 0 Å². The first kappa shape index (κ1) is 16.2. The number of thiophene rings is 1. The Hall–Kier alpha value is -1.70. The van der Waals surface area contributed by atoms with Gasteiger partial charge in [0.05, 0.1) is 12.2 Å². The molecule has 0 saturated carbocycles. The maximum atomic E-state index is 12.7. The monoisotopic (exact) mass is 335 g/mol. The molecule has 0 aliphatic carbocycles. The van der Waals surface area contributed by atoms with E-state index in [4.69, 9.17) is 5.11 Å². The van der Waals surface area contributed by atoms with Gasteiger partial charge >= 0.3 is 0 Å². The first-order chi connectivity index (χ1) is 11.2. The molecule has 7 heteroatoms. The van der Waals surface area contributed by atoms with Crippen molar-refractivity contribution in [1.82, 2.24) is 14.7 Å².